The van der Waals surface area contributed by atoms with Gasteiger partial charge in [0.2, 0.25) is 5.91 Å². The van der Waals surface area contributed by atoms with Crippen molar-refractivity contribution in [2.24, 2.45) is 5.41 Å². The molecule has 36 heavy (non-hydrogen) atoms. The number of halogens is 2. The van der Waals surface area contributed by atoms with Crippen LogP contribution in [0.2, 0.25) is 10.0 Å². The highest BCUT2D eigenvalue weighted by molar-refractivity contribution is 6.31. The summed E-state index contributed by atoms with van der Waals surface area (Å²) in [5, 5.41) is 1.30. The third kappa shape index (κ3) is 7.07. The summed E-state index contributed by atoms with van der Waals surface area (Å²) in [6.07, 6.45) is 5.26. The first-order valence-electron chi connectivity index (χ1n) is 12.7. The van der Waals surface area contributed by atoms with Gasteiger partial charge in [0.1, 0.15) is 11.5 Å². The monoisotopic (exact) mass is 532 g/mol. The molecular weight excluding hydrogens is 499 g/mol. The SMILES string of the molecule is Cc1cc(OCC2(CC(=O)N3CCCCC3)CCCN(C(=O)COc3ccc(Cl)cc3)C2)ccc1Cl. The van der Waals surface area contributed by atoms with Gasteiger partial charge in [0.05, 0.1) is 6.61 Å². The van der Waals surface area contributed by atoms with Gasteiger partial charge in [-0.2, -0.15) is 0 Å². The highest BCUT2D eigenvalue weighted by atomic mass is 35.5. The summed E-state index contributed by atoms with van der Waals surface area (Å²) in [6, 6.07) is 12.5. The maximum atomic E-state index is 13.3. The molecule has 8 heteroatoms. The fourth-order valence-corrected chi connectivity index (χ4v) is 5.26. The Kier molecular flexibility index (Phi) is 9.02. The third-order valence-electron chi connectivity index (χ3n) is 7.10. The van der Waals surface area contributed by atoms with Crippen LogP contribution in [-0.2, 0) is 9.59 Å². The standard InChI is InChI=1S/C28H34Cl2N2O4/c1-21-16-24(10-11-25(21)30)36-20-28(17-26(33)31-13-3-2-4-14-31)12-5-15-32(19-28)27(34)18-35-23-8-6-22(29)7-9-23/h6-11,16H,2-5,12-15,17-20H2,1H3. The highest BCUT2D eigenvalue weighted by Gasteiger charge is 2.41. The minimum atomic E-state index is -0.462. The van der Waals surface area contributed by atoms with Crippen molar-refractivity contribution in [3.05, 3.63) is 58.1 Å². The van der Waals surface area contributed by atoms with Crippen LogP contribution in [-0.4, -0.2) is 61.0 Å². The quantitative estimate of drug-likeness (QED) is 0.432. The van der Waals surface area contributed by atoms with Crippen molar-refractivity contribution in [3.8, 4) is 11.5 Å². The average Bonchev–Trinajstić information content (AvgIpc) is 2.89. The van der Waals surface area contributed by atoms with Gasteiger partial charge in [-0.25, -0.2) is 0 Å². The molecule has 0 N–H and O–H groups in total. The number of amides is 2. The number of hydrogen-bond acceptors (Lipinski definition) is 4. The molecule has 2 amide bonds. The normalized spacial score (nSPS) is 20.2. The molecule has 0 radical (unpaired) electrons. The molecule has 1 unspecified atom stereocenters. The topological polar surface area (TPSA) is 59.1 Å². The van der Waals surface area contributed by atoms with Crippen molar-refractivity contribution in [3.63, 3.8) is 0 Å². The number of nitrogens with zero attached hydrogens (tertiary/aromatic N) is 2. The van der Waals surface area contributed by atoms with E-state index in [4.69, 9.17) is 32.7 Å². The Hall–Kier alpha value is -2.44. The number of piperidine rings is 2. The van der Waals surface area contributed by atoms with Gasteiger partial charge >= 0.3 is 0 Å². The smallest absolute Gasteiger partial charge is 0.260 e. The zero-order chi connectivity index (χ0) is 25.5. The lowest BCUT2D eigenvalue weighted by atomic mass is 9.77. The van der Waals surface area contributed by atoms with Crippen LogP contribution in [0.1, 0.15) is 44.1 Å². The molecule has 0 spiro atoms. The Labute approximate surface area is 223 Å². The van der Waals surface area contributed by atoms with Crippen LogP contribution in [0.4, 0.5) is 0 Å². The largest absolute Gasteiger partial charge is 0.493 e. The molecular formula is C28H34Cl2N2O4. The summed E-state index contributed by atoms with van der Waals surface area (Å²) in [5.74, 6) is 1.37. The summed E-state index contributed by atoms with van der Waals surface area (Å²) in [7, 11) is 0. The van der Waals surface area contributed by atoms with Crippen LogP contribution < -0.4 is 9.47 Å². The van der Waals surface area contributed by atoms with Crippen LogP contribution in [0.5, 0.6) is 11.5 Å². The second-order valence-corrected chi connectivity index (χ2v) is 10.8. The molecule has 4 rings (SSSR count). The number of rotatable bonds is 8. The second-order valence-electron chi connectivity index (χ2n) is 9.98. The van der Waals surface area contributed by atoms with Crippen LogP contribution in [0.3, 0.4) is 0 Å². The lowest BCUT2D eigenvalue weighted by molar-refractivity contribution is -0.143. The first kappa shape index (κ1) is 26.6. The van der Waals surface area contributed by atoms with Gasteiger partial charge < -0.3 is 19.3 Å². The Morgan fingerprint density at radius 3 is 2.28 bits per heavy atom. The van der Waals surface area contributed by atoms with Crippen molar-refractivity contribution in [1.82, 2.24) is 9.80 Å². The predicted molar refractivity (Wildman–Crippen MR) is 142 cm³/mol. The van der Waals surface area contributed by atoms with Crippen LogP contribution in [0.25, 0.3) is 0 Å². The van der Waals surface area contributed by atoms with Gasteiger partial charge in [0.15, 0.2) is 6.61 Å². The Morgan fingerprint density at radius 1 is 0.861 bits per heavy atom. The van der Waals surface area contributed by atoms with Crippen molar-refractivity contribution in [2.75, 3.05) is 39.4 Å². The van der Waals surface area contributed by atoms with E-state index in [1.807, 2.05) is 34.9 Å². The number of carbonyl (C=O) groups is 2. The minimum Gasteiger partial charge on any atom is -0.493 e. The van der Waals surface area contributed by atoms with E-state index in [2.05, 4.69) is 0 Å². The van der Waals surface area contributed by atoms with E-state index in [1.54, 1.807) is 24.3 Å². The molecule has 0 saturated carbocycles. The maximum Gasteiger partial charge on any atom is 0.260 e. The lowest BCUT2D eigenvalue weighted by Crippen LogP contribution is -2.52. The van der Waals surface area contributed by atoms with Gasteiger partial charge in [-0.15, -0.1) is 0 Å². The first-order chi connectivity index (χ1) is 17.3. The van der Waals surface area contributed by atoms with Crippen molar-refractivity contribution >= 4 is 35.0 Å². The molecule has 0 aromatic heterocycles. The molecule has 6 nitrogen and oxygen atoms in total. The molecule has 194 valence electrons. The molecule has 2 saturated heterocycles. The fourth-order valence-electron chi connectivity index (χ4n) is 5.02. The number of benzene rings is 2. The first-order valence-corrected chi connectivity index (χ1v) is 13.4. The second kappa shape index (κ2) is 12.2. The van der Waals surface area contributed by atoms with E-state index < -0.39 is 5.41 Å². The minimum absolute atomic E-state index is 0.0605. The van der Waals surface area contributed by atoms with E-state index in [9.17, 15) is 9.59 Å². The number of carbonyl (C=O) groups excluding carboxylic acids is 2. The van der Waals surface area contributed by atoms with E-state index >= 15 is 0 Å². The molecule has 2 aromatic rings. The fraction of sp³-hybridized carbons (Fsp3) is 0.500. The van der Waals surface area contributed by atoms with Crippen molar-refractivity contribution in [2.45, 2.75) is 45.4 Å². The zero-order valence-corrected chi connectivity index (χ0v) is 22.3. The van der Waals surface area contributed by atoms with E-state index in [-0.39, 0.29) is 18.4 Å². The van der Waals surface area contributed by atoms with Gasteiger partial charge in [-0.3, -0.25) is 9.59 Å². The molecule has 2 aliphatic heterocycles. The lowest BCUT2D eigenvalue weighted by Gasteiger charge is -2.43. The van der Waals surface area contributed by atoms with Crippen LogP contribution in [0.15, 0.2) is 42.5 Å². The number of aryl methyl sites for hydroxylation is 1. The van der Waals surface area contributed by atoms with Crippen molar-refractivity contribution in [1.29, 1.82) is 0 Å². The maximum absolute atomic E-state index is 13.3. The summed E-state index contributed by atoms with van der Waals surface area (Å²) in [6.45, 7) is 4.95. The summed E-state index contributed by atoms with van der Waals surface area (Å²) < 4.78 is 11.9. The van der Waals surface area contributed by atoms with E-state index in [0.717, 1.165) is 50.1 Å². The van der Waals surface area contributed by atoms with Gasteiger partial charge in [0, 0.05) is 48.1 Å². The highest BCUT2D eigenvalue weighted by Crippen LogP contribution is 2.36. The molecule has 2 heterocycles. The van der Waals surface area contributed by atoms with E-state index in [1.165, 1.54) is 6.42 Å². The number of ether oxygens (including phenoxy) is 2. The molecule has 2 aromatic carbocycles. The Morgan fingerprint density at radius 2 is 1.56 bits per heavy atom. The van der Waals surface area contributed by atoms with Crippen LogP contribution >= 0.6 is 23.2 Å². The Balaban J connectivity index is 1.45. The Bertz CT molecular complexity index is 1060. The molecule has 2 fully saturated rings. The summed E-state index contributed by atoms with van der Waals surface area (Å²) >= 11 is 12.1. The predicted octanol–water partition coefficient (Wildman–Crippen LogP) is 5.77. The zero-order valence-electron chi connectivity index (χ0n) is 20.8. The molecule has 0 aliphatic carbocycles. The number of hydrogen-bond donors (Lipinski definition) is 0. The van der Waals surface area contributed by atoms with Gasteiger partial charge in [-0.1, -0.05) is 23.2 Å². The average molecular weight is 533 g/mol. The van der Waals surface area contributed by atoms with Crippen LogP contribution in [0, 0.1) is 12.3 Å². The van der Waals surface area contributed by atoms with Gasteiger partial charge in [0.25, 0.3) is 5.91 Å². The third-order valence-corrected chi connectivity index (χ3v) is 7.78. The summed E-state index contributed by atoms with van der Waals surface area (Å²) in [5.41, 5.74) is 0.475. The molecule has 2 aliphatic rings. The van der Waals surface area contributed by atoms with Gasteiger partial charge in [-0.05, 0) is 87.1 Å². The van der Waals surface area contributed by atoms with Crippen molar-refractivity contribution < 1.29 is 19.1 Å². The molecule has 0 bridgehead atoms. The summed E-state index contributed by atoms with van der Waals surface area (Å²) in [4.78, 5) is 30.2. The molecule has 1 atom stereocenters. The number of likely N-dealkylation sites (tertiary alicyclic amines) is 2. The van der Waals surface area contributed by atoms with E-state index in [0.29, 0.717) is 41.9 Å².